The SMILES string of the molecule is O=C(O)[C@H]1N=C(c2cccc(O)c2O)O[C@H]1c1ccc([N+](=O)[O-])cc1. The molecule has 2 aromatic rings. The molecule has 9 nitrogen and oxygen atoms in total. The maximum absolute atomic E-state index is 11.5. The highest BCUT2D eigenvalue weighted by Crippen LogP contribution is 2.36. The first kappa shape index (κ1) is 16.2. The lowest BCUT2D eigenvalue weighted by molar-refractivity contribution is -0.384. The number of carbonyl (C=O) groups is 1. The van der Waals surface area contributed by atoms with Crippen LogP contribution in [0.2, 0.25) is 0 Å². The molecule has 0 aromatic heterocycles. The molecule has 9 heteroatoms. The normalized spacial score (nSPS) is 19.1. The fourth-order valence-corrected chi connectivity index (χ4v) is 2.47. The van der Waals surface area contributed by atoms with Crippen LogP contribution in [0.4, 0.5) is 5.69 Å². The summed E-state index contributed by atoms with van der Waals surface area (Å²) in [4.78, 5) is 25.6. The van der Waals surface area contributed by atoms with Gasteiger partial charge >= 0.3 is 5.97 Å². The van der Waals surface area contributed by atoms with Crippen molar-refractivity contribution in [2.45, 2.75) is 12.1 Å². The monoisotopic (exact) mass is 344 g/mol. The van der Waals surface area contributed by atoms with Crippen molar-refractivity contribution >= 4 is 17.6 Å². The first-order valence-corrected chi connectivity index (χ1v) is 7.11. The number of benzene rings is 2. The maximum atomic E-state index is 11.5. The molecule has 128 valence electrons. The molecule has 0 amide bonds. The summed E-state index contributed by atoms with van der Waals surface area (Å²) in [6.07, 6.45) is -1.02. The molecule has 1 heterocycles. The van der Waals surface area contributed by atoms with Gasteiger partial charge in [0.25, 0.3) is 5.69 Å². The van der Waals surface area contributed by atoms with Crippen LogP contribution in [0.15, 0.2) is 47.5 Å². The zero-order valence-electron chi connectivity index (χ0n) is 12.6. The van der Waals surface area contributed by atoms with Gasteiger partial charge in [0, 0.05) is 12.1 Å². The lowest BCUT2D eigenvalue weighted by atomic mass is 10.0. The molecule has 0 aliphatic carbocycles. The van der Waals surface area contributed by atoms with E-state index < -0.39 is 34.5 Å². The number of nitrogens with zero attached hydrogens (tertiary/aromatic N) is 2. The number of aliphatic carboxylic acids is 1. The second-order valence-corrected chi connectivity index (χ2v) is 5.28. The van der Waals surface area contributed by atoms with E-state index in [1.54, 1.807) is 0 Å². The molecule has 1 aliphatic heterocycles. The van der Waals surface area contributed by atoms with E-state index in [2.05, 4.69) is 4.99 Å². The van der Waals surface area contributed by atoms with Gasteiger partial charge < -0.3 is 20.1 Å². The molecule has 0 radical (unpaired) electrons. The number of non-ortho nitro benzene ring substituents is 1. The Bertz CT molecular complexity index is 877. The Balaban J connectivity index is 1.96. The summed E-state index contributed by atoms with van der Waals surface area (Å²) in [5.41, 5.74) is 0.299. The first-order valence-electron chi connectivity index (χ1n) is 7.11. The Hall–Kier alpha value is -3.62. The van der Waals surface area contributed by atoms with Crippen LogP contribution in [0.25, 0.3) is 0 Å². The predicted molar refractivity (Wildman–Crippen MR) is 84.7 cm³/mol. The number of hydrogen-bond donors (Lipinski definition) is 3. The summed E-state index contributed by atoms with van der Waals surface area (Å²) >= 11 is 0. The largest absolute Gasteiger partial charge is 0.504 e. The molecule has 3 N–H and O–H groups in total. The highest BCUT2D eigenvalue weighted by atomic mass is 16.6. The van der Waals surface area contributed by atoms with E-state index in [1.165, 1.54) is 42.5 Å². The van der Waals surface area contributed by atoms with Crippen LogP contribution in [0.3, 0.4) is 0 Å². The van der Waals surface area contributed by atoms with Crippen LogP contribution in [-0.2, 0) is 9.53 Å². The van der Waals surface area contributed by atoms with Crippen LogP contribution in [0.1, 0.15) is 17.2 Å². The number of nitro groups is 1. The summed E-state index contributed by atoms with van der Waals surface area (Å²) in [7, 11) is 0. The van der Waals surface area contributed by atoms with E-state index >= 15 is 0 Å². The van der Waals surface area contributed by atoms with Crippen LogP contribution < -0.4 is 0 Å². The molecule has 0 spiro atoms. The standard InChI is InChI=1S/C16H12N2O7/c19-11-3-1-2-10(13(11)20)15-17-12(16(21)22)14(25-15)8-4-6-9(7-5-8)18(23)24/h1-7,12,14,19-20H,(H,21,22)/t12-,14-/m0/s1. The van der Waals surface area contributed by atoms with Gasteiger partial charge in [0.2, 0.25) is 5.90 Å². The number of aromatic hydroxyl groups is 2. The third kappa shape index (κ3) is 2.94. The molecule has 2 aromatic carbocycles. The van der Waals surface area contributed by atoms with Crippen LogP contribution in [0, 0.1) is 10.1 Å². The van der Waals surface area contributed by atoms with Gasteiger partial charge in [-0.15, -0.1) is 0 Å². The van der Waals surface area contributed by atoms with Crippen LogP contribution >= 0.6 is 0 Å². The molecule has 0 saturated carbocycles. The smallest absolute Gasteiger partial charge is 0.332 e. The number of nitro benzene ring substituents is 1. The van der Waals surface area contributed by atoms with Crippen molar-refractivity contribution in [3.63, 3.8) is 0 Å². The van der Waals surface area contributed by atoms with E-state index in [1.807, 2.05) is 0 Å². The molecular formula is C16H12N2O7. The van der Waals surface area contributed by atoms with Gasteiger partial charge in [-0.1, -0.05) is 6.07 Å². The number of rotatable bonds is 4. The fourth-order valence-electron chi connectivity index (χ4n) is 2.47. The lowest BCUT2D eigenvalue weighted by Crippen LogP contribution is -2.23. The van der Waals surface area contributed by atoms with Gasteiger partial charge in [-0.05, 0) is 29.8 Å². The van der Waals surface area contributed by atoms with E-state index in [9.17, 15) is 30.2 Å². The van der Waals surface area contributed by atoms with Gasteiger partial charge in [-0.3, -0.25) is 10.1 Å². The third-order valence-electron chi connectivity index (χ3n) is 3.71. The second kappa shape index (κ2) is 6.11. The molecule has 25 heavy (non-hydrogen) atoms. The average molecular weight is 344 g/mol. The maximum Gasteiger partial charge on any atom is 0.332 e. The third-order valence-corrected chi connectivity index (χ3v) is 3.71. The van der Waals surface area contributed by atoms with Crippen molar-refractivity contribution in [1.29, 1.82) is 0 Å². The molecule has 0 bridgehead atoms. The zero-order valence-corrected chi connectivity index (χ0v) is 12.6. The topological polar surface area (TPSA) is 142 Å². The quantitative estimate of drug-likeness (QED) is 0.437. The van der Waals surface area contributed by atoms with Gasteiger partial charge in [-0.25, -0.2) is 9.79 Å². The minimum absolute atomic E-state index is 0.0515. The summed E-state index contributed by atoms with van der Waals surface area (Å²) in [5, 5.41) is 39.6. The summed E-state index contributed by atoms with van der Waals surface area (Å²) in [5.74, 6) is -2.26. The molecule has 1 aliphatic rings. The van der Waals surface area contributed by atoms with Gasteiger partial charge in [0.05, 0.1) is 10.5 Å². The number of phenolic OH excluding ortho intramolecular Hbond substituents is 2. The van der Waals surface area contributed by atoms with Gasteiger partial charge in [0.15, 0.2) is 23.6 Å². The minimum Gasteiger partial charge on any atom is -0.504 e. The predicted octanol–water partition coefficient (Wildman–Crippen LogP) is 1.98. The first-order chi connectivity index (χ1) is 11.9. The summed E-state index contributed by atoms with van der Waals surface area (Å²) in [6, 6.07) is 8.09. The number of carboxylic acid groups (broad SMARTS) is 1. The van der Waals surface area contributed by atoms with Crippen molar-refractivity contribution in [1.82, 2.24) is 0 Å². The molecular weight excluding hydrogens is 332 g/mol. The second-order valence-electron chi connectivity index (χ2n) is 5.28. The number of ether oxygens (including phenoxy) is 1. The van der Waals surface area contributed by atoms with Crippen molar-refractivity contribution < 1.29 is 29.8 Å². The lowest BCUT2D eigenvalue weighted by Gasteiger charge is -2.15. The number of aliphatic imine (C=N–C) groups is 1. The highest BCUT2D eigenvalue weighted by molar-refractivity contribution is 6.00. The molecule has 3 rings (SSSR count). The molecule has 0 fully saturated rings. The molecule has 0 unspecified atom stereocenters. The number of para-hydroxylation sites is 1. The number of hydrogen-bond acceptors (Lipinski definition) is 7. The van der Waals surface area contributed by atoms with E-state index in [0.717, 1.165) is 0 Å². The minimum atomic E-state index is -1.29. The van der Waals surface area contributed by atoms with Crippen molar-refractivity contribution in [2.24, 2.45) is 4.99 Å². The molecule has 0 saturated heterocycles. The summed E-state index contributed by atoms with van der Waals surface area (Å²) in [6.45, 7) is 0. The Morgan fingerprint density at radius 3 is 2.44 bits per heavy atom. The van der Waals surface area contributed by atoms with Gasteiger partial charge in [0.1, 0.15) is 0 Å². The van der Waals surface area contributed by atoms with E-state index in [0.29, 0.717) is 5.56 Å². The van der Waals surface area contributed by atoms with Crippen molar-refractivity contribution in [2.75, 3.05) is 0 Å². The molecule has 2 atom stereocenters. The summed E-state index contributed by atoms with van der Waals surface area (Å²) < 4.78 is 5.57. The average Bonchev–Trinajstić information content (AvgIpc) is 3.03. The van der Waals surface area contributed by atoms with Crippen molar-refractivity contribution in [3.05, 3.63) is 63.7 Å². The van der Waals surface area contributed by atoms with Gasteiger partial charge in [-0.2, -0.15) is 0 Å². The number of phenols is 2. The van der Waals surface area contributed by atoms with E-state index in [4.69, 9.17) is 4.74 Å². The Kier molecular flexibility index (Phi) is 3.97. The number of carboxylic acids is 1. The Morgan fingerprint density at radius 2 is 1.84 bits per heavy atom. The van der Waals surface area contributed by atoms with Crippen molar-refractivity contribution in [3.8, 4) is 11.5 Å². The van der Waals surface area contributed by atoms with Crippen LogP contribution in [-0.4, -0.2) is 38.2 Å². The Labute approximate surface area is 140 Å². The van der Waals surface area contributed by atoms with E-state index in [-0.39, 0.29) is 17.1 Å². The highest BCUT2D eigenvalue weighted by Gasteiger charge is 2.39. The van der Waals surface area contributed by atoms with Crippen LogP contribution in [0.5, 0.6) is 11.5 Å². The zero-order chi connectivity index (χ0) is 18.1. The Morgan fingerprint density at radius 1 is 1.16 bits per heavy atom. The fraction of sp³-hybridized carbons (Fsp3) is 0.125.